The van der Waals surface area contributed by atoms with E-state index in [-0.39, 0.29) is 11.8 Å². The number of halogens is 1. The molecule has 0 bridgehead atoms. The summed E-state index contributed by atoms with van der Waals surface area (Å²) in [6, 6.07) is 6.32. The highest BCUT2D eigenvalue weighted by molar-refractivity contribution is 5.74. The smallest absolute Gasteiger partial charge is 0.317 e. The average molecular weight is 360 g/mol. The predicted molar refractivity (Wildman–Crippen MR) is 95.7 cm³/mol. The molecule has 2 aromatic rings. The van der Waals surface area contributed by atoms with Crippen molar-refractivity contribution < 1.29 is 9.18 Å². The molecule has 8 heteroatoms. The zero-order valence-corrected chi connectivity index (χ0v) is 14.8. The monoisotopic (exact) mass is 360 g/mol. The molecule has 1 atom stereocenters. The molecule has 2 heterocycles. The number of aromatic nitrogens is 3. The van der Waals surface area contributed by atoms with Gasteiger partial charge in [0.2, 0.25) is 0 Å². The lowest BCUT2D eigenvalue weighted by Gasteiger charge is -2.32. The van der Waals surface area contributed by atoms with Crippen LogP contribution in [0.1, 0.15) is 24.1 Å². The minimum absolute atomic E-state index is 0.0435. The quantitative estimate of drug-likeness (QED) is 0.818. The molecule has 3 N–H and O–H groups in total. The number of hydrogen-bond acceptors (Lipinski definition) is 4. The molecule has 1 aliphatic rings. The first-order valence-electron chi connectivity index (χ1n) is 9.00. The Balaban J connectivity index is 1.44. The zero-order chi connectivity index (χ0) is 18.4. The van der Waals surface area contributed by atoms with E-state index in [0.717, 1.165) is 37.2 Å². The van der Waals surface area contributed by atoms with E-state index < -0.39 is 0 Å². The van der Waals surface area contributed by atoms with Gasteiger partial charge in [-0.2, -0.15) is 0 Å². The number of piperidine rings is 1. The first-order valence-corrected chi connectivity index (χ1v) is 9.00. The third-order valence-corrected chi connectivity index (χ3v) is 4.65. The maximum atomic E-state index is 12.9. The van der Waals surface area contributed by atoms with Gasteiger partial charge in [0.1, 0.15) is 5.82 Å². The topological polar surface area (TPSA) is 89.1 Å². The molecule has 26 heavy (non-hydrogen) atoms. The standard InChI is InChI=1S/C18H25FN6O/c19-16-5-3-14(4-6-16)7-8-21-18(26)24-9-1-2-15(11-24)12-25-13-17(10-20)22-23-25/h3-6,13,15H,1-2,7-12,20H2,(H,21,26). The van der Waals surface area contributed by atoms with Crippen LogP contribution in [0, 0.1) is 11.7 Å². The van der Waals surface area contributed by atoms with Gasteiger partial charge in [0.25, 0.3) is 0 Å². The van der Waals surface area contributed by atoms with E-state index >= 15 is 0 Å². The summed E-state index contributed by atoms with van der Waals surface area (Å²) >= 11 is 0. The highest BCUT2D eigenvalue weighted by Gasteiger charge is 2.24. The minimum Gasteiger partial charge on any atom is -0.338 e. The number of carbonyl (C=O) groups is 1. The summed E-state index contributed by atoms with van der Waals surface area (Å²) in [6.07, 6.45) is 4.59. The molecule has 3 rings (SSSR count). The molecule has 7 nitrogen and oxygen atoms in total. The second kappa shape index (κ2) is 8.75. The van der Waals surface area contributed by atoms with E-state index in [2.05, 4.69) is 15.6 Å². The van der Waals surface area contributed by atoms with Crippen LogP contribution in [-0.4, -0.2) is 45.6 Å². The molecule has 1 aromatic carbocycles. The van der Waals surface area contributed by atoms with Crippen LogP contribution in [0.4, 0.5) is 9.18 Å². The summed E-state index contributed by atoms with van der Waals surface area (Å²) in [5, 5.41) is 11.0. The van der Waals surface area contributed by atoms with Crippen LogP contribution in [-0.2, 0) is 19.5 Å². The van der Waals surface area contributed by atoms with E-state index in [9.17, 15) is 9.18 Å². The van der Waals surface area contributed by atoms with Gasteiger partial charge in [-0.25, -0.2) is 9.18 Å². The number of nitrogens with one attached hydrogen (secondary N) is 1. The van der Waals surface area contributed by atoms with Gasteiger partial charge < -0.3 is 16.0 Å². The van der Waals surface area contributed by atoms with Gasteiger partial charge in [0.15, 0.2) is 0 Å². The molecular formula is C18H25FN6O. The van der Waals surface area contributed by atoms with Crippen molar-refractivity contribution in [3.05, 3.63) is 47.5 Å². The van der Waals surface area contributed by atoms with Gasteiger partial charge in [-0.1, -0.05) is 17.3 Å². The Labute approximate surface area is 152 Å². The van der Waals surface area contributed by atoms with E-state index in [0.29, 0.717) is 32.0 Å². The maximum Gasteiger partial charge on any atom is 0.317 e. The summed E-state index contributed by atoms with van der Waals surface area (Å²) in [7, 11) is 0. The first kappa shape index (κ1) is 18.3. The van der Waals surface area contributed by atoms with E-state index in [4.69, 9.17) is 5.73 Å². The lowest BCUT2D eigenvalue weighted by atomic mass is 9.98. The normalized spacial score (nSPS) is 17.3. The molecule has 2 amide bonds. The van der Waals surface area contributed by atoms with Gasteiger partial charge in [-0.3, -0.25) is 4.68 Å². The molecule has 1 fully saturated rings. The highest BCUT2D eigenvalue weighted by Crippen LogP contribution is 2.18. The largest absolute Gasteiger partial charge is 0.338 e. The Morgan fingerprint density at radius 3 is 2.88 bits per heavy atom. The molecule has 1 aromatic heterocycles. The van der Waals surface area contributed by atoms with E-state index in [1.54, 1.807) is 12.1 Å². The Hall–Kier alpha value is -2.48. The number of carbonyl (C=O) groups excluding carboxylic acids is 1. The number of urea groups is 1. The van der Waals surface area contributed by atoms with Crippen molar-refractivity contribution in [2.45, 2.75) is 32.4 Å². The fourth-order valence-corrected chi connectivity index (χ4v) is 3.26. The van der Waals surface area contributed by atoms with E-state index in [1.165, 1.54) is 12.1 Å². The molecule has 1 aliphatic heterocycles. The summed E-state index contributed by atoms with van der Waals surface area (Å²) in [4.78, 5) is 14.3. The summed E-state index contributed by atoms with van der Waals surface area (Å²) < 4.78 is 14.7. The van der Waals surface area contributed by atoms with Gasteiger partial charge in [0.05, 0.1) is 5.69 Å². The maximum absolute atomic E-state index is 12.9. The molecular weight excluding hydrogens is 335 g/mol. The fourth-order valence-electron chi connectivity index (χ4n) is 3.26. The Morgan fingerprint density at radius 2 is 2.15 bits per heavy atom. The molecule has 140 valence electrons. The lowest BCUT2D eigenvalue weighted by molar-refractivity contribution is 0.157. The van der Waals surface area contributed by atoms with Crippen molar-refractivity contribution in [3.63, 3.8) is 0 Å². The predicted octanol–water partition coefficient (Wildman–Crippen LogP) is 1.54. The van der Waals surface area contributed by atoms with Crippen molar-refractivity contribution in [1.82, 2.24) is 25.2 Å². The van der Waals surface area contributed by atoms with Crippen molar-refractivity contribution >= 4 is 6.03 Å². The molecule has 1 unspecified atom stereocenters. The molecule has 0 aliphatic carbocycles. The van der Waals surface area contributed by atoms with Crippen LogP contribution in [0.5, 0.6) is 0 Å². The van der Waals surface area contributed by atoms with Gasteiger partial charge in [-0.05, 0) is 42.9 Å². The summed E-state index contributed by atoms with van der Waals surface area (Å²) in [5.41, 5.74) is 7.34. The number of rotatable bonds is 6. The van der Waals surface area contributed by atoms with Gasteiger partial charge in [-0.15, -0.1) is 5.10 Å². The van der Waals surface area contributed by atoms with Crippen LogP contribution in [0.15, 0.2) is 30.5 Å². The van der Waals surface area contributed by atoms with Crippen LogP contribution in [0.3, 0.4) is 0 Å². The Bertz CT molecular complexity index is 717. The Morgan fingerprint density at radius 1 is 1.35 bits per heavy atom. The third kappa shape index (κ3) is 5.01. The van der Waals surface area contributed by atoms with Crippen molar-refractivity contribution in [2.75, 3.05) is 19.6 Å². The molecule has 0 spiro atoms. The minimum atomic E-state index is -0.247. The average Bonchev–Trinajstić information content (AvgIpc) is 3.11. The number of benzene rings is 1. The fraction of sp³-hybridized carbons (Fsp3) is 0.500. The second-order valence-corrected chi connectivity index (χ2v) is 6.70. The number of nitrogens with zero attached hydrogens (tertiary/aromatic N) is 4. The first-order chi connectivity index (χ1) is 12.6. The second-order valence-electron chi connectivity index (χ2n) is 6.70. The summed E-state index contributed by atoms with van der Waals surface area (Å²) in [6.45, 7) is 3.14. The number of likely N-dealkylation sites (tertiary alicyclic amines) is 1. The Kier molecular flexibility index (Phi) is 6.17. The lowest BCUT2D eigenvalue weighted by Crippen LogP contribution is -2.46. The van der Waals surface area contributed by atoms with Crippen LogP contribution in [0.2, 0.25) is 0 Å². The van der Waals surface area contributed by atoms with Gasteiger partial charge >= 0.3 is 6.03 Å². The number of amides is 2. The van der Waals surface area contributed by atoms with Crippen LogP contribution in [0.25, 0.3) is 0 Å². The number of nitrogens with two attached hydrogens (primary N) is 1. The van der Waals surface area contributed by atoms with Gasteiger partial charge in [0, 0.05) is 38.9 Å². The third-order valence-electron chi connectivity index (χ3n) is 4.65. The van der Waals surface area contributed by atoms with Crippen LogP contribution < -0.4 is 11.1 Å². The van der Waals surface area contributed by atoms with E-state index in [1.807, 2.05) is 15.8 Å². The molecule has 1 saturated heterocycles. The number of hydrogen-bond donors (Lipinski definition) is 2. The molecule has 0 saturated carbocycles. The van der Waals surface area contributed by atoms with Crippen LogP contribution >= 0.6 is 0 Å². The zero-order valence-electron chi connectivity index (χ0n) is 14.8. The summed E-state index contributed by atoms with van der Waals surface area (Å²) in [5.74, 6) is 0.113. The molecule has 0 radical (unpaired) electrons. The van der Waals surface area contributed by atoms with Crippen molar-refractivity contribution in [2.24, 2.45) is 11.7 Å². The highest BCUT2D eigenvalue weighted by atomic mass is 19.1. The van der Waals surface area contributed by atoms with Crippen molar-refractivity contribution in [3.8, 4) is 0 Å². The SMILES string of the molecule is NCc1cn(CC2CCCN(C(=O)NCCc3ccc(F)cc3)C2)nn1. The van der Waals surface area contributed by atoms with Crippen molar-refractivity contribution in [1.29, 1.82) is 0 Å².